The lowest BCUT2D eigenvalue weighted by Gasteiger charge is -2.39. The molecule has 1 aliphatic heterocycles. The number of hydrogen-bond acceptors (Lipinski definition) is 5. The van der Waals surface area contributed by atoms with Crippen molar-refractivity contribution in [1.29, 1.82) is 0 Å². The Morgan fingerprint density at radius 2 is 0.946 bits per heavy atom. The van der Waals surface area contributed by atoms with Crippen LogP contribution in [-0.2, 0) is 5.41 Å². The lowest BCUT2D eigenvalue weighted by atomic mass is 9.67. The van der Waals surface area contributed by atoms with Crippen molar-refractivity contribution in [2.24, 2.45) is 0 Å². The van der Waals surface area contributed by atoms with E-state index in [-0.39, 0.29) is 24.2 Å². The van der Waals surface area contributed by atoms with Crippen LogP contribution in [0.2, 0.25) is 0 Å². The third-order valence-corrected chi connectivity index (χ3v) is 14.4. The molecule has 0 saturated carbocycles. The zero-order valence-corrected chi connectivity index (χ0v) is 32.1. The van der Waals surface area contributed by atoms with Crippen molar-refractivity contribution in [3.8, 4) is 54.5 Å². The predicted molar refractivity (Wildman–Crippen MR) is 236 cm³/mol. The molecule has 0 unspecified atom stereocenters. The molecule has 0 N–H and O–H groups in total. The predicted octanol–water partition coefficient (Wildman–Crippen LogP) is 14.4. The van der Waals surface area contributed by atoms with Gasteiger partial charge in [0.1, 0.15) is 10.0 Å². The molecule has 0 amide bonds. The fourth-order valence-corrected chi connectivity index (χ4v) is 11.8. The Kier molecular flexibility index (Phi) is 6.30. The molecular weight excluding hydrogens is 737 g/mol. The molecule has 0 fully saturated rings. The summed E-state index contributed by atoms with van der Waals surface area (Å²) in [6.45, 7) is 0. The number of benzene rings is 8. The van der Waals surface area contributed by atoms with Crippen LogP contribution in [0.25, 0.3) is 75.0 Å². The first-order valence-electron chi connectivity index (χ1n) is 20.5. The average Bonchev–Trinajstić information content (AvgIpc) is 4.00. The average molecular weight is 771 g/mol. The van der Waals surface area contributed by atoms with Crippen LogP contribution >= 0.6 is 34.4 Å². The van der Waals surface area contributed by atoms with Gasteiger partial charge in [-0.05, 0) is 122 Å². The van der Waals surface area contributed by atoms with Crippen molar-refractivity contribution >= 4 is 54.9 Å². The van der Waals surface area contributed by atoms with Crippen LogP contribution in [0.3, 0.4) is 0 Å². The van der Waals surface area contributed by atoms with E-state index in [1.165, 1.54) is 26.5 Å². The summed E-state index contributed by atoms with van der Waals surface area (Å²) in [6, 6.07) is 54.0. The van der Waals surface area contributed by atoms with Gasteiger partial charge >= 0.3 is 0 Å². The second kappa shape index (κ2) is 12.5. The van der Waals surface area contributed by atoms with E-state index >= 15 is 0 Å². The van der Waals surface area contributed by atoms with E-state index in [0.717, 1.165) is 58.3 Å². The van der Waals surface area contributed by atoms with Crippen LogP contribution in [0.4, 0.5) is 0 Å². The van der Waals surface area contributed by atoms with Gasteiger partial charge in [-0.3, -0.25) is 0 Å². The highest BCUT2D eigenvalue weighted by Gasteiger charge is 2.50. The fourth-order valence-electron chi connectivity index (χ4n) is 8.66. The number of hydrogen-bond donors (Lipinski definition) is 0. The molecule has 8 aromatic carbocycles. The van der Waals surface area contributed by atoms with Crippen molar-refractivity contribution in [3.05, 3.63) is 204 Å². The molecule has 3 heterocycles. The SMILES string of the molecule is [2H]c1c([2H])c(-c2cc(-c3nc4ccccc4s3)cc(-c3nc4ccccc4s3)c2)c([2H])c(-c2ccc3c(c2)-c2ccccc2C32c3ccccc3Sc3ccccc32)c1[2H]. The molecule has 0 radical (unpaired) electrons. The number of thiazole rings is 2. The summed E-state index contributed by atoms with van der Waals surface area (Å²) in [7, 11) is 0. The van der Waals surface area contributed by atoms with E-state index in [1.807, 2.05) is 54.6 Å². The van der Waals surface area contributed by atoms with Crippen LogP contribution in [-0.4, -0.2) is 9.97 Å². The third kappa shape index (κ3) is 4.81. The summed E-state index contributed by atoms with van der Waals surface area (Å²) in [4.78, 5) is 12.4. The van der Waals surface area contributed by atoms with E-state index in [2.05, 4.69) is 103 Å². The molecular formula is C51H30N2S3. The van der Waals surface area contributed by atoms with E-state index < -0.39 is 5.41 Å². The second-order valence-corrected chi connectivity index (χ2v) is 17.3. The zero-order valence-electron chi connectivity index (χ0n) is 33.6. The van der Waals surface area contributed by atoms with Crippen LogP contribution in [0.15, 0.2) is 192 Å². The summed E-state index contributed by atoms with van der Waals surface area (Å²) < 4.78 is 39.9. The van der Waals surface area contributed by atoms with Crippen molar-refractivity contribution < 1.29 is 5.48 Å². The van der Waals surface area contributed by atoms with Crippen LogP contribution in [0.1, 0.15) is 27.7 Å². The smallest absolute Gasteiger partial charge is 0.124 e. The van der Waals surface area contributed by atoms with Crippen molar-refractivity contribution in [3.63, 3.8) is 0 Å². The molecule has 1 aliphatic carbocycles. The molecule has 2 aromatic heterocycles. The van der Waals surface area contributed by atoms with Crippen LogP contribution in [0.5, 0.6) is 0 Å². The van der Waals surface area contributed by atoms with Gasteiger partial charge < -0.3 is 0 Å². The number of aromatic nitrogens is 2. The van der Waals surface area contributed by atoms with E-state index in [0.29, 0.717) is 22.3 Å². The van der Waals surface area contributed by atoms with Crippen molar-refractivity contribution in [2.45, 2.75) is 15.2 Å². The Morgan fingerprint density at radius 1 is 0.429 bits per heavy atom. The molecule has 2 nitrogen and oxygen atoms in total. The lowest BCUT2D eigenvalue weighted by molar-refractivity contribution is 0.722. The monoisotopic (exact) mass is 770 g/mol. The van der Waals surface area contributed by atoms with Gasteiger partial charge in [-0.25, -0.2) is 9.97 Å². The molecule has 0 bridgehead atoms. The van der Waals surface area contributed by atoms with Gasteiger partial charge in [-0.1, -0.05) is 127 Å². The minimum atomic E-state index is -0.550. The van der Waals surface area contributed by atoms with E-state index in [4.69, 9.17) is 9.97 Å². The standard InChI is InChI=1S/C51H30N2S3/c1-2-15-39-37(14-1)38-30-33(24-25-40(38)51(39)41-16-3-7-20-45(41)54-46-21-8-4-17-42(46)51)31-12-11-13-32(26-31)34-27-35(49-52-43-18-5-9-22-47(43)55-49)29-36(28-34)50-53-44-19-6-10-23-48(44)56-50/h1-30H/i11D,12D,13D,26D. The van der Waals surface area contributed by atoms with Crippen molar-refractivity contribution in [2.75, 3.05) is 0 Å². The molecule has 5 heteroatoms. The Bertz CT molecular complexity index is 3240. The lowest BCUT2D eigenvalue weighted by Crippen LogP contribution is -2.31. The van der Waals surface area contributed by atoms with Gasteiger partial charge in [0.2, 0.25) is 0 Å². The first-order valence-corrected chi connectivity index (χ1v) is 20.9. The van der Waals surface area contributed by atoms with Gasteiger partial charge in [-0.15, -0.1) is 22.7 Å². The van der Waals surface area contributed by atoms with Crippen LogP contribution in [0, 0.1) is 0 Å². The van der Waals surface area contributed by atoms with Gasteiger partial charge in [0.05, 0.1) is 31.3 Å². The molecule has 0 saturated heterocycles. The second-order valence-electron chi connectivity index (χ2n) is 14.2. The molecule has 56 heavy (non-hydrogen) atoms. The molecule has 0 atom stereocenters. The summed E-state index contributed by atoms with van der Waals surface area (Å²) in [6.07, 6.45) is 0. The van der Waals surface area contributed by atoms with Crippen LogP contribution < -0.4 is 0 Å². The van der Waals surface area contributed by atoms with E-state index in [1.54, 1.807) is 34.4 Å². The quantitative estimate of drug-likeness (QED) is 0.178. The topological polar surface area (TPSA) is 25.8 Å². The Hall–Kier alpha value is -6.11. The maximum absolute atomic E-state index is 9.90. The fraction of sp³-hybridized carbons (Fsp3) is 0.0196. The highest BCUT2D eigenvalue weighted by atomic mass is 32.2. The zero-order chi connectivity index (χ0) is 40.3. The maximum Gasteiger partial charge on any atom is 0.124 e. The highest BCUT2D eigenvalue weighted by molar-refractivity contribution is 7.99. The van der Waals surface area contributed by atoms with Gasteiger partial charge in [0, 0.05) is 20.9 Å². The minimum Gasteiger partial charge on any atom is -0.236 e. The largest absolute Gasteiger partial charge is 0.236 e. The normalized spacial score (nSPS) is 14.4. The summed E-state index contributed by atoms with van der Waals surface area (Å²) in [5.74, 6) is 0. The molecule has 2 aliphatic rings. The van der Waals surface area contributed by atoms with Gasteiger partial charge in [-0.2, -0.15) is 0 Å². The third-order valence-electron chi connectivity index (χ3n) is 11.1. The molecule has 12 rings (SSSR count). The van der Waals surface area contributed by atoms with E-state index in [9.17, 15) is 5.48 Å². The first kappa shape index (κ1) is 28.3. The summed E-state index contributed by atoms with van der Waals surface area (Å²) in [5.41, 5.74) is 11.8. The minimum absolute atomic E-state index is 0.0448. The Balaban J connectivity index is 1.08. The maximum atomic E-state index is 9.90. The number of para-hydroxylation sites is 2. The highest BCUT2D eigenvalue weighted by Crippen LogP contribution is 2.62. The Morgan fingerprint density at radius 3 is 1.59 bits per heavy atom. The van der Waals surface area contributed by atoms with Gasteiger partial charge in [0.25, 0.3) is 0 Å². The molecule has 262 valence electrons. The Labute approximate surface area is 342 Å². The number of rotatable bonds is 4. The summed E-state index contributed by atoms with van der Waals surface area (Å²) in [5, 5.41) is 1.63. The first-order chi connectivity index (χ1) is 29.4. The summed E-state index contributed by atoms with van der Waals surface area (Å²) >= 11 is 4.99. The number of fused-ring (bicyclic) bond motifs is 11. The van der Waals surface area contributed by atoms with Crippen molar-refractivity contribution in [1.82, 2.24) is 9.97 Å². The molecule has 1 spiro atoms. The molecule has 10 aromatic rings. The number of nitrogens with zero attached hydrogens (tertiary/aromatic N) is 2. The van der Waals surface area contributed by atoms with Gasteiger partial charge in [0.15, 0.2) is 0 Å².